The molecule has 1 aromatic carbocycles. The Balaban J connectivity index is 1.39. The van der Waals surface area contributed by atoms with Crippen LogP contribution in [0.25, 0.3) is 55.7 Å². The first-order chi connectivity index (χ1) is 18.5. The van der Waals surface area contributed by atoms with Crippen molar-refractivity contribution in [1.29, 1.82) is 0 Å². The molecular weight excluding hydrogens is 481 g/mol. The van der Waals surface area contributed by atoms with E-state index in [0.29, 0.717) is 34.7 Å². The summed E-state index contributed by atoms with van der Waals surface area (Å²) < 4.78 is 14.6. The molecule has 0 aliphatic carbocycles. The normalized spacial score (nSPS) is 11.5. The predicted octanol–water partition coefficient (Wildman–Crippen LogP) is 6.35. The molecule has 0 aliphatic heterocycles. The van der Waals surface area contributed by atoms with Crippen molar-refractivity contribution in [3.05, 3.63) is 79.1 Å². The van der Waals surface area contributed by atoms with Gasteiger partial charge in [0.2, 0.25) is 5.91 Å². The van der Waals surface area contributed by atoms with Gasteiger partial charge < -0.3 is 10.3 Å². The monoisotopic (exact) mass is 505 g/mol. The Morgan fingerprint density at radius 3 is 2.71 bits per heavy atom. The van der Waals surface area contributed by atoms with Crippen LogP contribution in [-0.4, -0.2) is 36.0 Å². The van der Waals surface area contributed by atoms with Crippen LogP contribution in [0.2, 0.25) is 0 Å². The van der Waals surface area contributed by atoms with Crippen molar-refractivity contribution in [2.24, 2.45) is 5.92 Å². The van der Waals surface area contributed by atoms with E-state index in [1.165, 1.54) is 6.07 Å². The first-order valence-corrected chi connectivity index (χ1v) is 12.3. The molecule has 0 bridgehead atoms. The Morgan fingerprint density at radius 2 is 1.87 bits per heavy atom. The van der Waals surface area contributed by atoms with Crippen LogP contribution in [0, 0.1) is 11.7 Å². The molecule has 8 nitrogen and oxygen atoms in total. The fraction of sp³-hybridized carbons (Fsp3) is 0.138. The maximum absolute atomic E-state index is 14.6. The van der Waals surface area contributed by atoms with E-state index in [2.05, 4.69) is 35.5 Å². The standard InChI is InChI=1S/C29H24FN7O/c1-16(2)9-27(38)34-18-10-17(13-31-14-18)24-12-22-26(15-33-24)36-37-28(22)25-11-21-19(7-8-32-29(21)35-25)20-5-3-4-6-23(20)30/h3-8,10-16H,9H2,1-2H3,(H,32,35)(H,34,38)(H,36,37). The second-order valence-electron chi connectivity index (χ2n) is 9.58. The van der Waals surface area contributed by atoms with E-state index in [9.17, 15) is 9.18 Å². The number of carbonyl (C=O) groups is 1. The van der Waals surface area contributed by atoms with Gasteiger partial charge in [0.05, 0.1) is 35.0 Å². The number of benzene rings is 1. The van der Waals surface area contributed by atoms with Gasteiger partial charge in [-0.15, -0.1) is 0 Å². The summed E-state index contributed by atoms with van der Waals surface area (Å²) in [5.41, 5.74) is 6.17. The highest BCUT2D eigenvalue weighted by atomic mass is 19.1. The smallest absolute Gasteiger partial charge is 0.224 e. The van der Waals surface area contributed by atoms with Gasteiger partial charge in [-0.3, -0.25) is 19.9 Å². The molecule has 0 saturated carbocycles. The second-order valence-corrected chi connectivity index (χ2v) is 9.58. The second kappa shape index (κ2) is 9.51. The number of halogens is 1. The molecule has 0 atom stereocenters. The van der Waals surface area contributed by atoms with E-state index in [1.807, 2.05) is 44.2 Å². The van der Waals surface area contributed by atoms with E-state index < -0.39 is 0 Å². The van der Waals surface area contributed by atoms with Gasteiger partial charge in [-0.25, -0.2) is 9.37 Å². The lowest BCUT2D eigenvalue weighted by Crippen LogP contribution is -2.13. The number of nitrogens with zero attached hydrogens (tertiary/aromatic N) is 4. The lowest BCUT2D eigenvalue weighted by Gasteiger charge is -2.08. The van der Waals surface area contributed by atoms with Crippen LogP contribution < -0.4 is 5.32 Å². The number of aromatic amines is 2. The topological polar surface area (TPSA) is 112 Å². The number of fused-ring (bicyclic) bond motifs is 2. The SMILES string of the molecule is CC(C)CC(=O)Nc1cncc(-c2cc3c(-c4cc5c(-c6ccccc6F)ccnc5[nH]4)n[nH]c3cn2)c1. The number of H-pyrrole nitrogens is 2. The van der Waals surface area contributed by atoms with Crippen LogP contribution in [-0.2, 0) is 4.79 Å². The van der Waals surface area contributed by atoms with Crippen LogP contribution in [0.1, 0.15) is 20.3 Å². The Morgan fingerprint density at radius 1 is 1.00 bits per heavy atom. The summed E-state index contributed by atoms with van der Waals surface area (Å²) in [4.78, 5) is 28.9. The molecule has 9 heteroatoms. The molecule has 0 fully saturated rings. The third-order valence-corrected chi connectivity index (χ3v) is 6.31. The molecule has 38 heavy (non-hydrogen) atoms. The van der Waals surface area contributed by atoms with Crippen molar-refractivity contribution in [3.8, 4) is 33.8 Å². The zero-order chi connectivity index (χ0) is 26.2. The predicted molar refractivity (Wildman–Crippen MR) is 146 cm³/mol. The number of hydrogen-bond donors (Lipinski definition) is 3. The summed E-state index contributed by atoms with van der Waals surface area (Å²) in [5.74, 6) is -0.0843. The average molecular weight is 506 g/mol. The lowest BCUT2D eigenvalue weighted by molar-refractivity contribution is -0.116. The highest BCUT2D eigenvalue weighted by Gasteiger charge is 2.17. The fourth-order valence-electron chi connectivity index (χ4n) is 4.58. The van der Waals surface area contributed by atoms with Gasteiger partial charge in [0.15, 0.2) is 0 Å². The van der Waals surface area contributed by atoms with E-state index in [4.69, 9.17) is 0 Å². The van der Waals surface area contributed by atoms with Crippen molar-refractivity contribution in [2.75, 3.05) is 5.32 Å². The molecule has 0 aliphatic rings. The summed E-state index contributed by atoms with van der Waals surface area (Å²) in [5, 5.41) is 12.1. The van der Waals surface area contributed by atoms with Crippen molar-refractivity contribution >= 4 is 33.5 Å². The minimum Gasteiger partial charge on any atom is -0.338 e. The molecule has 6 rings (SSSR count). The summed E-state index contributed by atoms with van der Waals surface area (Å²) in [6.07, 6.45) is 7.14. The maximum Gasteiger partial charge on any atom is 0.224 e. The number of rotatable bonds is 6. The number of anilines is 1. The van der Waals surface area contributed by atoms with Crippen LogP contribution in [0.4, 0.5) is 10.1 Å². The molecule has 5 aromatic heterocycles. The molecule has 6 aromatic rings. The Hall–Kier alpha value is -4.92. The first-order valence-electron chi connectivity index (χ1n) is 12.3. The van der Waals surface area contributed by atoms with Gasteiger partial charge in [-0.05, 0) is 41.8 Å². The molecule has 0 spiro atoms. The average Bonchev–Trinajstić information content (AvgIpc) is 3.52. The van der Waals surface area contributed by atoms with E-state index in [-0.39, 0.29) is 17.6 Å². The fourth-order valence-corrected chi connectivity index (χ4v) is 4.58. The first kappa shape index (κ1) is 23.5. The summed E-state index contributed by atoms with van der Waals surface area (Å²) in [6, 6.07) is 14.2. The van der Waals surface area contributed by atoms with Crippen molar-refractivity contribution < 1.29 is 9.18 Å². The van der Waals surface area contributed by atoms with Crippen molar-refractivity contribution in [2.45, 2.75) is 20.3 Å². The Labute approximate surface area is 217 Å². The number of aromatic nitrogens is 6. The van der Waals surface area contributed by atoms with Gasteiger partial charge in [-0.2, -0.15) is 5.10 Å². The zero-order valence-corrected chi connectivity index (χ0v) is 20.8. The van der Waals surface area contributed by atoms with Crippen LogP contribution >= 0.6 is 0 Å². The molecule has 0 unspecified atom stereocenters. The Bertz CT molecular complexity index is 1800. The minimum atomic E-state index is -0.292. The minimum absolute atomic E-state index is 0.0540. The third-order valence-electron chi connectivity index (χ3n) is 6.31. The molecule has 188 valence electrons. The Kier molecular flexibility index (Phi) is 5.88. The van der Waals surface area contributed by atoms with E-state index in [0.717, 1.165) is 33.1 Å². The number of nitrogens with one attached hydrogen (secondary N) is 3. The van der Waals surface area contributed by atoms with E-state index in [1.54, 1.807) is 36.9 Å². The summed E-state index contributed by atoms with van der Waals surface area (Å²) >= 11 is 0. The van der Waals surface area contributed by atoms with Crippen LogP contribution in [0.15, 0.2) is 73.3 Å². The molecule has 5 heterocycles. The molecule has 1 amide bonds. The summed E-state index contributed by atoms with van der Waals surface area (Å²) in [6.45, 7) is 4.00. The van der Waals surface area contributed by atoms with Crippen molar-refractivity contribution in [3.63, 3.8) is 0 Å². The third kappa shape index (κ3) is 4.39. The molecule has 3 N–H and O–H groups in total. The molecule has 0 saturated heterocycles. The maximum atomic E-state index is 14.6. The zero-order valence-electron chi connectivity index (χ0n) is 20.8. The van der Waals surface area contributed by atoms with Gasteiger partial charge in [0, 0.05) is 40.7 Å². The van der Waals surface area contributed by atoms with Gasteiger partial charge in [-0.1, -0.05) is 32.0 Å². The largest absolute Gasteiger partial charge is 0.338 e. The van der Waals surface area contributed by atoms with Gasteiger partial charge in [0.1, 0.15) is 17.2 Å². The molecule has 0 radical (unpaired) electrons. The highest BCUT2D eigenvalue weighted by molar-refractivity contribution is 6.00. The van der Waals surface area contributed by atoms with E-state index >= 15 is 0 Å². The van der Waals surface area contributed by atoms with Crippen LogP contribution in [0.3, 0.4) is 0 Å². The number of carbonyl (C=O) groups excluding carboxylic acids is 1. The highest BCUT2D eigenvalue weighted by Crippen LogP contribution is 2.35. The van der Waals surface area contributed by atoms with Gasteiger partial charge in [0.25, 0.3) is 0 Å². The molecular formula is C29H24FN7O. The lowest BCUT2D eigenvalue weighted by atomic mass is 10.0. The number of hydrogen-bond acceptors (Lipinski definition) is 5. The van der Waals surface area contributed by atoms with Crippen LogP contribution in [0.5, 0.6) is 0 Å². The number of amides is 1. The van der Waals surface area contributed by atoms with Gasteiger partial charge >= 0.3 is 0 Å². The number of pyridine rings is 3. The van der Waals surface area contributed by atoms with Crippen molar-refractivity contribution in [1.82, 2.24) is 30.1 Å². The summed E-state index contributed by atoms with van der Waals surface area (Å²) in [7, 11) is 0. The quantitative estimate of drug-likeness (QED) is 0.244.